The van der Waals surface area contributed by atoms with E-state index in [0.29, 0.717) is 0 Å². The third-order valence-electron chi connectivity index (χ3n) is 4.43. The monoisotopic (exact) mass is 281 g/mol. The number of hydrogen-bond acceptors (Lipinski definition) is 2. The van der Waals surface area contributed by atoms with Gasteiger partial charge in [-0.2, -0.15) is 0 Å². The molecule has 0 fully saturated rings. The highest BCUT2D eigenvalue weighted by Gasteiger charge is 2.14. The summed E-state index contributed by atoms with van der Waals surface area (Å²) in [5, 5.41) is 0. The molecule has 1 unspecified atom stereocenters. The molecule has 2 nitrogen and oxygen atoms in total. The number of nitrogens with two attached hydrogens (primary N) is 1. The normalized spacial score (nSPS) is 15.3. The van der Waals surface area contributed by atoms with Crippen LogP contribution in [0.15, 0.2) is 42.5 Å². The highest BCUT2D eigenvalue weighted by molar-refractivity contribution is 5.38. The van der Waals surface area contributed by atoms with Crippen LogP contribution in [0.1, 0.15) is 41.1 Å². The first-order valence-corrected chi connectivity index (χ1v) is 7.77. The van der Waals surface area contributed by atoms with Crippen molar-refractivity contribution < 1.29 is 4.74 Å². The second kappa shape index (κ2) is 6.31. The second-order valence-electron chi connectivity index (χ2n) is 5.86. The summed E-state index contributed by atoms with van der Waals surface area (Å²) in [6, 6.07) is 14.9. The Morgan fingerprint density at radius 1 is 1.05 bits per heavy atom. The van der Waals surface area contributed by atoms with Crippen LogP contribution in [0.3, 0.4) is 0 Å². The molecule has 110 valence electrons. The summed E-state index contributed by atoms with van der Waals surface area (Å²) in [5.41, 5.74) is 11.8. The van der Waals surface area contributed by atoms with Crippen molar-refractivity contribution in [3.05, 3.63) is 64.7 Å². The molecule has 21 heavy (non-hydrogen) atoms. The molecule has 1 aliphatic rings. The van der Waals surface area contributed by atoms with Crippen molar-refractivity contribution in [2.75, 3.05) is 7.11 Å². The fraction of sp³-hybridized carbons (Fsp3) is 0.368. The van der Waals surface area contributed by atoms with Crippen molar-refractivity contribution in [2.24, 2.45) is 5.73 Å². The van der Waals surface area contributed by atoms with E-state index in [9.17, 15) is 0 Å². The van der Waals surface area contributed by atoms with Crippen LogP contribution >= 0.6 is 0 Å². The van der Waals surface area contributed by atoms with E-state index in [1.54, 1.807) is 7.11 Å². The molecule has 1 aliphatic carbocycles. The maximum atomic E-state index is 6.43. The Labute approximate surface area is 126 Å². The molecular formula is C19H23NO. The maximum absolute atomic E-state index is 6.43. The van der Waals surface area contributed by atoms with Gasteiger partial charge in [0.15, 0.2) is 0 Å². The van der Waals surface area contributed by atoms with Crippen LogP contribution in [0.4, 0.5) is 0 Å². The van der Waals surface area contributed by atoms with Gasteiger partial charge in [0.25, 0.3) is 0 Å². The zero-order valence-electron chi connectivity index (χ0n) is 12.6. The molecule has 2 N–H and O–H groups in total. The SMILES string of the molecule is COc1ccccc1CC(N)c1ccc2c(c1)CCCC2. The lowest BCUT2D eigenvalue weighted by Gasteiger charge is -2.20. The van der Waals surface area contributed by atoms with Gasteiger partial charge < -0.3 is 10.5 Å². The second-order valence-corrected chi connectivity index (χ2v) is 5.86. The van der Waals surface area contributed by atoms with Crippen molar-refractivity contribution in [1.29, 1.82) is 0 Å². The lowest BCUT2D eigenvalue weighted by atomic mass is 9.88. The number of methoxy groups -OCH3 is 1. The van der Waals surface area contributed by atoms with Gasteiger partial charge in [0.1, 0.15) is 5.75 Å². The van der Waals surface area contributed by atoms with E-state index in [1.165, 1.54) is 47.9 Å². The van der Waals surface area contributed by atoms with Crippen molar-refractivity contribution in [3.8, 4) is 5.75 Å². The van der Waals surface area contributed by atoms with Gasteiger partial charge in [0.2, 0.25) is 0 Å². The summed E-state index contributed by atoms with van der Waals surface area (Å²) in [4.78, 5) is 0. The van der Waals surface area contributed by atoms with Crippen molar-refractivity contribution in [2.45, 2.75) is 38.1 Å². The predicted octanol–water partition coefficient (Wildman–Crippen LogP) is 3.82. The topological polar surface area (TPSA) is 35.2 Å². The highest BCUT2D eigenvalue weighted by Crippen LogP contribution is 2.27. The molecule has 0 aliphatic heterocycles. The molecule has 0 heterocycles. The van der Waals surface area contributed by atoms with Crippen LogP contribution in [0.2, 0.25) is 0 Å². The minimum atomic E-state index is 0.0218. The number of benzene rings is 2. The Morgan fingerprint density at radius 3 is 2.62 bits per heavy atom. The fourth-order valence-corrected chi connectivity index (χ4v) is 3.21. The summed E-state index contributed by atoms with van der Waals surface area (Å²) in [6.07, 6.45) is 5.85. The summed E-state index contributed by atoms with van der Waals surface area (Å²) in [5.74, 6) is 0.922. The zero-order valence-corrected chi connectivity index (χ0v) is 12.6. The Balaban J connectivity index is 1.80. The first-order chi connectivity index (χ1) is 10.3. The quantitative estimate of drug-likeness (QED) is 0.924. The van der Waals surface area contributed by atoms with Crippen LogP contribution < -0.4 is 10.5 Å². The van der Waals surface area contributed by atoms with E-state index in [0.717, 1.165) is 12.2 Å². The first kappa shape index (κ1) is 14.2. The van der Waals surface area contributed by atoms with Crippen LogP contribution in [0.5, 0.6) is 5.75 Å². The number of rotatable bonds is 4. The van der Waals surface area contributed by atoms with Crippen molar-refractivity contribution >= 4 is 0 Å². The Hall–Kier alpha value is -1.80. The van der Waals surface area contributed by atoms with E-state index >= 15 is 0 Å². The van der Waals surface area contributed by atoms with Gasteiger partial charge in [0.05, 0.1) is 7.11 Å². The summed E-state index contributed by atoms with van der Waals surface area (Å²) in [7, 11) is 1.71. The van der Waals surface area contributed by atoms with E-state index < -0.39 is 0 Å². The summed E-state index contributed by atoms with van der Waals surface area (Å²) >= 11 is 0. The molecule has 0 aromatic heterocycles. The van der Waals surface area contributed by atoms with Gasteiger partial charge >= 0.3 is 0 Å². The minimum absolute atomic E-state index is 0.0218. The molecule has 2 aromatic carbocycles. The van der Waals surface area contributed by atoms with Crippen LogP contribution in [0, 0.1) is 0 Å². The first-order valence-electron chi connectivity index (χ1n) is 7.77. The van der Waals surface area contributed by atoms with E-state index in [4.69, 9.17) is 10.5 Å². The molecule has 3 rings (SSSR count). The fourth-order valence-electron chi connectivity index (χ4n) is 3.21. The minimum Gasteiger partial charge on any atom is -0.496 e. The number of fused-ring (bicyclic) bond motifs is 1. The molecule has 0 saturated heterocycles. The maximum Gasteiger partial charge on any atom is 0.122 e. The number of hydrogen-bond donors (Lipinski definition) is 1. The third kappa shape index (κ3) is 3.11. The standard InChI is InChI=1S/C19H23NO/c1-21-19-9-5-4-8-17(19)13-18(20)16-11-10-14-6-2-3-7-15(14)12-16/h4-5,8-12,18H,2-3,6-7,13,20H2,1H3. The summed E-state index contributed by atoms with van der Waals surface area (Å²) in [6.45, 7) is 0. The zero-order chi connectivity index (χ0) is 14.7. The molecule has 0 bridgehead atoms. The number of aryl methyl sites for hydroxylation is 2. The van der Waals surface area contributed by atoms with E-state index in [2.05, 4.69) is 24.3 Å². The van der Waals surface area contributed by atoms with Crippen molar-refractivity contribution in [1.82, 2.24) is 0 Å². The lowest BCUT2D eigenvalue weighted by molar-refractivity contribution is 0.408. The van der Waals surface area contributed by atoms with Gasteiger partial charge in [0, 0.05) is 6.04 Å². The largest absolute Gasteiger partial charge is 0.496 e. The van der Waals surface area contributed by atoms with Gasteiger partial charge in [-0.15, -0.1) is 0 Å². The lowest BCUT2D eigenvalue weighted by Crippen LogP contribution is -2.15. The van der Waals surface area contributed by atoms with Gasteiger partial charge in [-0.1, -0.05) is 36.4 Å². The molecule has 0 amide bonds. The Kier molecular flexibility index (Phi) is 4.26. The van der Waals surface area contributed by atoms with Crippen molar-refractivity contribution in [3.63, 3.8) is 0 Å². The smallest absolute Gasteiger partial charge is 0.122 e. The molecular weight excluding hydrogens is 258 g/mol. The molecule has 0 saturated carbocycles. The van der Waals surface area contributed by atoms with E-state index in [-0.39, 0.29) is 6.04 Å². The van der Waals surface area contributed by atoms with Crippen LogP contribution in [0.25, 0.3) is 0 Å². The third-order valence-corrected chi connectivity index (χ3v) is 4.43. The van der Waals surface area contributed by atoms with E-state index in [1.807, 2.05) is 18.2 Å². The van der Waals surface area contributed by atoms with Crippen LogP contribution in [-0.2, 0) is 19.3 Å². The highest BCUT2D eigenvalue weighted by atomic mass is 16.5. The Bertz CT molecular complexity index is 621. The average molecular weight is 281 g/mol. The average Bonchev–Trinajstić information content (AvgIpc) is 2.55. The van der Waals surface area contributed by atoms with Gasteiger partial charge in [-0.3, -0.25) is 0 Å². The van der Waals surface area contributed by atoms with Crippen LogP contribution in [-0.4, -0.2) is 7.11 Å². The Morgan fingerprint density at radius 2 is 1.81 bits per heavy atom. The predicted molar refractivity (Wildman–Crippen MR) is 86.7 cm³/mol. The van der Waals surface area contributed by atoms with Gasteiger partial charge in [-0.05, 0) is 60.4 Å². The molecule has 2 aromatic rings. The van der Waals surface area contributed by atoms with Gasteiger partial charge in [-0.25, -0.2) is 0 Å². The molecule has 0 radical (unpaired) electrons. The molecule has 0 spiro atoms. The summed E-state index contributed by atoms with van der Waals surface area (Å²) < 4.78 is 5.42. The number of ether oxygens (including phenoxy) is 1. The molecule has 1 atom stereocenters. The molecule has 2 heteroatoms. The number of para-hydroxylation sites is 1.